The van der Waals surface area contributed by atoms with Gasteiger partial charge in [-0.15, -0.1) is 0 Å². The van der Waals surface area contributed by atoms with Crippen molar-refractivity contribution < 1.29 is 14.3 Å². The molecule has 0 radical (unpaired) electrons. The highest BCUT2D eigenvalue weighted by Gasteiger charge is 2.30. The molecule has 1 heterocycles. The standard InChI is InChI=1S/C16H21ClN2O3/c1-10(12-8-18-9-12)16(21)19-14(7-15(20)22-2)11-3-5-13(17)6-4-11/h3-6,10,12,14,18H,7-9H2,1-2H3,(H,19,21)/t10?,14-/m0/s1. The fourth-order valence-electron chi connectivity index (χ4n) is 2.38. The lowest BCUT2D eigenvalue weighted by atomic mass is 9.88. The fourth-order valence-corrected chi connectivity index (χ4v) is 2.51. The number of amides is 1. The number of ether oxygens (including phenoxy) is 1. The van der Waals surface area contributed by atoms with Crippen molar-refractivity contribution in [1.29, 1.82) is 0 Å². The van der Waals surface area contributed by atoms with Crippen LogP contribution in [0.15, 0.2) is 24.3 Å². The molecule has 6 heteroatoms. The topological polar surface area (TPSA) is 67.4 Å². The molecule has 1 amide bonds. The maximum absolute atomic E-state index is 12.4. The molecule has 0 aliphatic carbocycles. The predicted molar refractivity (Wildman–Crippen MR) is 84.5 cm³/mol. The average molecular weight is 325 g/mol. The first-order valence-electron chi connectivity index (χ1n) is 7.34. The van der Waals surface area contributed by atoms with Crippen LogP contribution in [0.3, 0.4) is 0 Å². The van der Waals surface area contributed by atoms with E-state index in [1.54, 1.807) is 12.1 Å². The highest BCUT2D eigenvalue weighted by Crippen LogP contribution is 2.22. The van der Waals surface area contributed by atoms with E-state index in [0.717, 1.165) is 18.7 Å². The second-order valence-corrected chi connectivity index (χ2v) is 6.04. The average Bonchev–Trinajstić information content (AvgIpc) is 2.45. The molecule has 1 aliphatic rings. The van der Waals surface area contributed by atoms with Gasteiger partial charge in [0.05, 0.1) is 19.6 Å². The van der Waals surface area contributed by atoms with Crippen molar-refractivity contribution in [3.8, 4) is 0 Å². The van der Waals surface area contributed by atoms with E-state index >= 15 is 0 Å². The van der Waals surface area contributed by atoms with Crippen molar-refractivity contribution in [1.82, 2.24) is 10.6 Å². The molecule has 0 saturated carbocycles. The Bertz CT molecular complexity index is 529. The first-order valence-corrected chi connectivity index (χ1v) is 7.72. The zero-order valence-corrected chi connectivity index (χ0v) is 13.5. The third-order valence-corrected chi connectivity index (χ3v) is 4.37. The van der Waals surface area contributed by atoms with Crippen molar-refractivity contribution in [2.75, 3.05) is 20.2 Å². The number of nitrogens with one attached hydrogen (secondary N) is 2. The van der Waals surface area contributed by atoms with Crippen LogP contribution in [0.4, 0.5) is 0 Å². The molecule has 0 bridgehead atoms. The number of hydrogen-bond acceptors (Lipinski definition) is 4. The van der Waals surface area contributed by atoms with Crippen LogP contribution in [0.2, 0.25) is 5.02 Å². The Hall–Kier alpha value is -1.59. The van der Waals surface area contributed by atoms with E-state index in [4.69, 9.17) is 16.3 Å². The first-order chi connectivity index (χ1) is 10.5. The summed E-state index contributed by atoms with van der Waals surface area (Å²) in [6, 6.07) is 6.70. The molecule has 2 rings (SSSR count). The van der Waals surface area contributed by atoms with Gasteiger partial charge in [0.15, 0.2) is 0 Å². The van der Waals surface area contributed by atoms with Crippen LogP contribution in [0, 0.1) is 11.8 Å². The third-order valence-electron chi connectivity index (χ3n) is 4.12. The fraction of sp³-hybridized carbons (Fsp3) is 0.500. The zero-order valence-electron chi connectivity index (χ0n) is 12.8. The molecule has 2 N–H and O–H groups in total. The minimum absolute atomic E-state index is 0.0460. The number of rotatable bonds is 6. The first kappa shape index (κ1) is 16.8. The normalized spacial score (nSPS) is 17.2. The Kier molecular flexibility index (Phi) is 5.80. The molecule has 1 aromatic rings. The van der Waals surface area contributed by atoms with Crippen molar-refractivity contribution in [3.63, 3.8) is 0 Å². The second kappa shape index (κ2) is 7.61. The van der Waals surface area contributed by atoms with Gasteiger partial charge in [-0.3, -0.25) is 9.59 Å². The number of halogens is 1. The van der Waals surface area contributed by atoms with Crippen molar-refractivity contribution >= 4 is 23.5 Å². The number of benzene rings is 1. The summed E-state index contributed by atoms with van der Waals surface area (Å²) in [6.07, 6.45) is 0.0967. The van der Waals surface area contributed by atoms with Gasteiger partial charge in [-0.2, -0.15) is 0 Å². The summed E-state index contributed by atoms with van der Waals surface area (Å²) in [5, 5.41) is 6.73. The molecule has 0 spiro atoms. The highest BCUT2D eigenvalue weighted by atomic mass is 35.5. The molecule has 1 aliphatic heterocycles. The van der Waals surface area contributed by atoms with Gasteiger partial charge >= 0.3 is 5.97 Å². The summed E-state index contributed by atoms with van der Waals surface area (Å²) in [6.45, 7) is 3.63. The van der Waals surface area contributed by atoms with Gasteiger partial charge in [-0.1, -0.05) is 30.7 Å². The van der Waals surface area contributed by atoms with Crippen molar-refractivity contribution in [2.45, 2.75) is 19.4 Å². The van der Waals surface area contributed by atoms with E-state index in [9.17, 15) is 9.59 Å². The van der Waals surface area contributed by atoms with Crippen LogP contribution in [0.25, 0.3) is 0 Å². The summed E-state index contributed by atoms with van der Waals surface area (Å²) in [7, 11) is 1.34. The zero-order chi connectivity index (χ0) is 16.1. The Morgan fingerprint density at radius 3 is 2.50 bits per heavy atom. The number of carbonyl (C=O) groups excluding carboxylic acids is 2. The summed E-state index contributed by atoms with van der Waals surface area (Å²) < 4.78 is 4.72. The van der Waals surface area contributed by atoms with Gasteiger partial charge in [-0.25, -0.2) is 0 Å². The Morgan fingerprint density at radius 1 is 1.36 bits per heavy atom. The van der Waals surface area contributed by atoms with Crippen LogP contribution in [0.5, 0.6) is 0 Å². The monoisotopic (exact) mass is 324 g/mol. The van der Waals surface area contributed by atoms with Crippen LogP contribution in [-0.4, -0.2) is 32.1 Å². The molecule has 2 atom stereocenters. The quantitative estimate of drug-likeness (QED) is 0.784. The van der Waals surface area contributed by atoms with E-state index in [1.807, 2.05) is 19.1 Å². The van der Waals surface area contributed by atoms with Crippen molar-refractivity contribution in [3.05, 3.63) is 34.9 Å². The summed E-state index contributed by atoms with van der Waals surface area (Å²) in [5.74, 6) is -0.147. The lowest BCUT2D eigenvalue weighted by molar-refractivity contribution is -0.141. The van der Waals surface area contributed by atoms with Crippen LogP contribution in [0.1, 0.15) is 24.9 Å². The van der Waals surface area contributed by atoms with Crippen LogP contribution < -0.4 is 10.6 Å². The smallest absolute Gasteiger partial charge is 0.307 e. The van der Waals surface area contributed by atoms with E-state index in [2.05, 4.69) is 10.6 Å². The largest absolute Gasteiger partial charge is 0.469 e. The van der Waals surface area contributed by atoms with Crippen LogP contribution in [-0.2, 0) is 14.3 Å². The minimum Gasteiger partial charge on any atom is -0.469 e. The Morgan fingerprint density at radius 2 is 2.00 bits per heavy atom. The molecule has 0 aromatic heterocycles. The summed E-state index contributed by atoms with van der Waals surface area (Å²) in [5.41, 5.74) is 0.835. The second-order valence-electron chi connectivity index (χ2n) is 5.60. The van der Waals surface area contributed by atoms with Gasteiger partial charge in [-0.05, 0) is 36.7 Å². The SMILES string of the molecule is COC(=O)C[C@H](NC(=O)C(C)C1CNC1)c1ccc(Cl)cc1. The molecular formula is C16H21ClN2O3. The Balaban J connectivity index is 2.07. The lowest BCUT2D eigenvalue weighted by Crippen LogP contribution is -2.50. The molecule has 1 unspecified atom stereocenters. The molecule has 5 nitrogen and oxygen atoms in total. The van der Waals surface area contributed by atoms with Crippen LogP contribution >= 0.6 is 11.6 Å². The molecule has 1 saturated heterocycles. The van der Waals surface area contributed by atoms with Gasteiger partial charge in [0.1, 0.15) is 0 Å². The van der Waals surface area contributed by atoms with Gasteiger partial charge in [0, 0.05) is 10.9 Å². The molecular weight excluding hydrogens is 304 g/mol. The van der Waals surface area contributed by atoms with E-state index < -0.39 is 6.04 Å². The summed E-state index contributed by atoms with van der Waals surface area (Å²) >= 11 is 5.89. The maximum atomic E-state index is 12.4. The third kappa shape index (κ3) is 4.21. The maximum Gasteiger partial charge on any atom is 0.307 e. The Labute approximate surface area is 135 Å². The van der Waals surface area contributed by atoms with E-state index in [0.29, 0.717) is 10.9 Å². The molecule has 1 aromatic carbocycles. The lowest BCUT2D eigenvalue weighted by Gasteiger charge is -2.32. The molecule has 120 valence electrons. The van der Waals surface area contributed by atoms with Crippen molar-refractivity contribution in [2.24, 2.45) is 11.8 Å². The van der Waals surface area contributed by atoms with Gasteiger partial charge in [0.25, 0.3) is 0 Å². The molecule has 1 fully saturated rings. The number of carbonyl (C=O) groups is 2. The van der Waals surface area contributed by atoms with Gasteiger partial charge in [0.2, 0.25) is 5.91 Å². The van der Waals surface area contributed by atoms with E-state index in [-0.39, 0.29) is 24.2 Å². The molecule has 22 heavy (non-hydrogen) atoms. The predicted octanol–water partition coefficient (Wildman–Crippen LogP) is 1.92. The van der Waals surface area contributed by atoms with E-state index in [1.165, 1.54) is 7.11 Å². The van der Waals surface area contributed by atoms with Gasteiger partial charge < -0.3 is 15.4 Å². The number of methoxy groups -OCH3 is 1. The number of esters is 1. The number of hydrogen-bond donors (Lipinski definition) is 2. The highest BCUT2D eigenvalue weighted by molar-refractivity contribution is 6.30. The minimum atomic E-state index is -0.410. The summed E-state index contributed by atoms with van der Waals surface area (Å²) in [4.78, 5) is 24.0.